The van der Waals surface area contributed by atoms with E-state index < -0.39 is 5.60 Å². The Morgan fingerprint density at radius 3 is 2.65 bits per heavy atom. The van der Waals surface area contributed by atoms with Crippen molar-refractivity contribution in [2.45, 2.75) is 32.3 Å². The molecule has 0 N–H and O–H groups in total. The molecule has 0 fully saturated rings. The number of aryl methyl sites for hydroxylation is 2. The van der Waals surface area contributed by atoms with Crippen LogP contribution in [0, 0.1) is 6.92 Å². The Morgan fingerprint density at radius 1 is 1.00 bits per heavy atom. The first-order valence-electron chi connectivity index (χ1n) is 9.13. The molecule has 1 atom stereocenters. The van der Waals surface area contributed by atoms with Crippen molar-refractivity contribution in [1.29, 1.82) is 0 Å². The van der Waals surface area contributed by atoms with Gasteiger partial charge in [-0.2, -0.15) is 0 Å². The van der Waals surface area contributed by atoms with E-state index in [1.165, 1.54) is 16.3 Å². The van der Waals surface area contributed by atoms with E-state index >= 15 is 0 Å². The highest BCUT2D eigenvalue weighted by atomic mass is 16.5. The van der Waals surface area contributed by atoms with Crippen molar-refractivity contribution in [2.24, 2.45) is 0 Å². The van der Waals surface area contributed by atoms with Crippen molar-refractivity contribution in [1.82, 2.24) is 0 Å². The lowest BCUT2D eigenvalue weighted by atomic mass is 9.73. The summed E-state index contributed by atoms with van der Waals surface area (Å²) < 4.78 is 6.62. The van der Waals surface area contributed by atoms with Gasteiger partial charge in [-0.25, -0.2) is 0 Å². The zero-order valence-corrected chi connectivity index (χ0v) is 15.0. The predicted molar refractivity (Wildman–Crippen MR) is 104 cm³/mol. The van der Waals surface area contributed by atoms with E-state index in [1.54, 1.807) is 0 Å². The van der Waals surface area contributed by atoms with Gasteiger partial charge in [-0.15, -0.1) is 0 Å². The maximum Gasteiger partial charge on any atom is 0.206 e. The number of benzene rings is 3. The summed E-state index contributed by atoms with van der Waals surface area (Å²) in [7, 11) is 0. The minimum absolute atomic E-state index is 0.0920. The number of hydrogen-bond donors (Lipinski definition) is 0. The monoisotopic (exact) mass is 340 g/mol. The third-order valence-corrected chi connectivity index (χ3v) is 5.79. The van der Waals surface area contributed by atoms with E-state index in [0.717, 1.165) is 34.4 Å². The summed E-state index contributed by atoms with van der Waals surface area (Å²) in [6.07, 6.45) is 3.49. The van der Waals surface area contributed by atoms with Crippen LogP contribution in [0.1, 0.15) is 35.6 Å². The smallest absolute Gasteiger partial charge is 0.206 e. The largest absolute Gasteiger partial charge is 0.474 e. The molecule has 0 bridgehead atoms. The van der Waals surface area contributed by atoms with E-state index in [9.17, 15) is 4.79 Å². The molecular formula is C24H20O2. The van der Waals surface area contributed by atoms with Crippen molar-refractivity contribution < 1.29 is 9.53 Å². The number of Topliss-reactive ketones (excluding diaryl/α,β-unsaturated/α-hetero) is 1. The molecule has 1 heterocycles. The quantitative estimate of drug-likeness (QED) is 0.551. The summed E-state index contributed by atoms with van der Waals surface area (Å²) in [5.74, 6) is 0.974. The van der Waals surface area contributed by atoms with Gasteiger partial charge in [0.15, 0.2) is 5.60 Å². The molecule has 128 valence electrons. The third-order valence-electron chi connectivity index (χ3n) is 5.79. The van der Waals surface area contributed by atoms with Gasteiger partial charge in [0.25, 0.3) is 0 Å². The molecule has 2 aliphatic rings. The van der Waals surface area contributed by atoms with E-state index in [2.05, 4.69) is 43.3 Å². The third kappa shape index (κ3) is 1.96. The number of carbonyl (C=O) groups is 1. The van der Waals surface area contributed by atoms with E-state index in [1.807, 2.05) is 31.2 Å². The van der Waals surface area contributed by atoms with Crippen LogP contribution in [0.3, 0.4) is 0 Å². The zero-order chi connectivity index (χ0) is 17.9. The van der Waals surface area contributed by atoms with Gasteiger partial charge >= 0.3 is 0 Å². The fourth-order valence-electron chi connectivity index (χ4n) is 4.55. The molecule has 3 aromatic carbocycles. The Hall–Kier alpha value is -2.87. The molecule has 1 spiro atoms. The highest BCUT2D eigenvalue weighted by Gasteiger charge is 2.48. The highest BCUT2D eigenvalue weighted by molar-refractivity contribution is 6.08. The Morgan fingerprint density at radius 2 is 1.77 bits per heavy atom. The second kappa shape index (κ2) is 5.31. The highest BCUT2D eigenvalue weighted by Crippen LogP contribution is 2.48. The van der Waals surface area contributed by atoms with Crippen LogP contribution >= 0.6 is 0 Å². The van der Waals surface area contributed by atoms with Crippen LogP contribution in [0.15, 0.2) is 60.2 Å². The average molecular weight is 340 g/mol. The van der Waals surface area contributed by atoms with Crippen LogP contribution in [-0.2, 0) is 16.8 Å². The van der Waals surface area contributed by atoms with Crippen molar-refractivity contribution >= 4 is 22.6 Å². The molecular weight excluding hydrogens is 320 g/mol. The van der Waals surface area contributed by atoms with Crippen LogP contribution in [0.25, 0.3) is 16.8 Å². The van der Waals surface area contributed by atoms with E-state index in [4.69, 9.17) is 4.74 Å². The number of ketones is 1. The average Bonchev–Trinajstić information content (AvgIpc) is 2.67. The first kappa shape index (κ1) is 15.4. The molecule has 2 nitrogen and oxygen atoms in total. The lowest BCUT2D eigenvalue weighted by molar-refractivity contribution is -0.133. The van der Waals surface area contributed by atoms with Crippen LogP contribution in [0.5, 0.6) is 5.75 Å². The van der Waals surface area contributed by atoms with E-state index in [0.29, 0.717) is 6.42 Å². The Balaban J connectivity index is 1.75. The maximum absolute atomic E-state index is 13.3. The van der Waals surface area contributed by atoms with Gasteiger partial charge in [0, 0.05) is 17.5 Å². The predicted octanol–water partition coefficient (Wildman–Crippen LogP) is 5.35. The fourth-order valence-corrected chi connectivity index (χ4v) is 4.55. The number of fused-ring (bicyclic) bond motifs is 5. The second-order valence-electron chi connectivity index (χ2n) is 7.40. The fraction of sp³-hybridized carbons (Fsp3) is 0.208. The zero-order valence-electron chi connectivity index (χ0n) is 15.0. The van der Waals surface area contributed by atoms with Crippen LogP contribution in [0.2, 0.25) is 0 Å². The van der Waals surface area contributed by atoms with Gasteiger partial charge in [0.2, 0.25) is 5.78 Å². The van der Waals surface area contributed by atoms with Gasteiger partial charge in [0.05, 0.1) is 0 Å². The Kier molecular flexibility index (Phi) is 3.14. The van der Waals surface area contributed by atoms with Crippen molar-refractivity contribution in [3.63, 3.8) is 0 Å². The summed E-state index contributed by atoms with van der Waals surface area (Å²) in [5, 5.41) is 2.46. The summed E-state index contributed by atoms with van der Waals surface area (Å²) >= 11 is 0. The standard InChI is InChI=1S/C24H20O2/c1-15-13-17-7-3-5-9-19(17)20-11-12-24(26-22(15)20)21-10-6-4-8-18(21)14-16(2)23(24)25/h3-10,13-14H,11-12H2,1-2H3. The van der Waals surface area contributed by atoms with E-state index in [-0.39, 0.29) is 5.78 Å². The van der Waals surface area contributed by atoms with Crippen LogP contribution in [-0.4, -0.2) is 5.78 Å². The molecule has 0 saturated carbocycles. The number of hydrogen-bond acceptors (Lipinski definition) is 2. The summed E-state index contributed by atoms with van der Waals surface area (Å²) in [5.41, 5.74) is 4.28. The molecule has 0 aromatic heterocycles. The molecule has 2 heteroatoms. The van der Waals surface area contributed by atoms with Gasteiger partial charge in [-0.3, -0.25) is 4.79 Å². The van der Waals surface area contributed by atoms with Gasteiger partial charge in [-0.1, -0.05) is 48.5 Å². The second-order valence-corrected chi connectivity index (χ2v) is 7.40. The molecule has 1 aliphatic heterocycles. The SMILES string of the molecule is CC1=Cc2ccccc2C2(CCc3c(c(C)cc4ccccc34)O2)C1=O. The summed E-state index contributed by atoms with van der Waals surface area (Å²) in [4.78, 5) is 13.3. The number of carbonyl (C=O) groups excluding carboxylic acids is 1. The van der Waals surface area contributed by atoms with Crippen molar-refractivity contribution in [2.75, 3.05) is 0 Å². The van der Waals surface area contributed by atoms with Gasteiger partial charge in [0.1, 0.15) is 5.75 Å². The number of ether oxygens (including phenoxy) is 1. The molecule has 0 radical (unpaired) electrons. The van der Waals surface area contributed by atoms with Crippen molar-refractivity contribution in [3.05, 3.63) is 82.4 Å². The summed E-state index contributed by atoms with van der Waals surface area (Å²) in [6.45, 7) is 3.97. The topological polar surface area (TPSA) is 26.3 Å². The molecule has 0 saturated heterocycles. The Labute approximate surface area is 153 Å². The lowest BCUT2D eigenvalue weighted by Gasteiger charge is -2.41. The molecule has 1 aliphatic carbocycles. The first-order valence-corrected chi connectivity index (χ1v) is 9.13. The Bertz CT molecular complexity index is 1110. The minimum Gasteiger partial charge on any atom is -0.474 e. The molecule has 3 aromatic rings. The molecule has 26 heavy (non-hydrogen) atoms. The lowest BCUT2D eigenvalue weighted by Crippen LogP contribution is -2.47. The van der Waals surface area contributed by atoms with Crippen LogP contribution in [0.4, 0.5) is 0 Å². The summed E-state index contributed by atoms with van der Waals surface area (Å²) in [6, 6.07) is 18.7. The molecule has 1 unspecified atom stereocenters. The van der Waals surface area contributed by atoms with Gasteiger partial charge < -0.3 is 4.74 Å². The molecule has 0 amide bonds. The maximum atomic E-state index is 13.3. The number of rotatable bonds is 0. The normalized spacial score (nSPS) is 21.2. The minimum atomic E-state index is -0.893. The molecule has 5 rings (SSSR count). The van der Waals surface area contributed by atoms with Gasteiger partial charge in [-0.05, 0) is 59.9 Å². The van der Waals surface area contributed by atoms with Crippen molar-refractivity contribution in [3.8, 4) is 5.75 Å². The first-order chi connectivity index (χ1) is 12.6. The van der Waals surface area contributed by atoms with Crippen LogP contribution < -0.4 is 4.74 Å².